The maximum absolute atomic E-state index is 13.1. The molecule has 1 amide bonds. The first-order valence-corrected chi connectivity index (χ1v) is 12.4. The summed E-state index contributed by atoms with van der Waals surface area (Å²) in [6.45, 7) is 7.10. The van der Waals surface area contributed by atoms with Crippen LogP contribution in [0.4, 0.5) is 23.0 Å². The summed E-state index contributed by atoms with van der Waals surface area (Å²) in [5, 5.41) is 7.14. The predicted octanol–water partition coefficient (Wildman–Crippen LogP) is 4.61. The lowest BCUT2D eigenvalue weighted by Crippen LogP contribution is -2.28. The van der Waals surface area contributed by atoms with Crippen molar-refractivity contribution in [1.29, 1.82) is 0 Å². The van der Waals surface area contributed by atoms with Gasteiger partial charge in [0.05, 0.1) is 16.4 Å². The zero-order chi connectivity index (χ0) is 27.4. The quantitative estimate of drug-likeness (QED) is 0.304. The maximum atomic E-state index is 13.1. The molecule has 9 nitrogen and oxygen atoms in total. The SMILES string of the molecule is C=CC(=O)Nc1cccc(-n2c(=O)cc(C)c3cnc(Nc4ccc(N(C)CCN(C)C)cc4Cl)nc32)c1. The third-order valence-electron chi connectivity index (χ3n) is 6.05. The Morgan fingerprint density at radius 1 is 1.13 bits per heavy atom. The summed E-state index contributed by atoms with van der Waals surface area (Å²) < 4.78 is 1.49. The Balaban J connectivity index is 1.70. The molecular weight excluding hydrogens is 502 g/mol. The van der Waals surface area contributed by atoms with Crippen molar-refractivity contribution < 1.29 is 4.79 Å². The first-order valence-electron chi connectivity index (χ1n) is 12.0. The molecule has 0 radical (unpaired) electrons. The van der Waals surface area contributed by atoms with Crippen LogP contribution >= 0.6 is 11.6 Å². The molecule has 0 atom stereocenters. The fourth-order valence-corrected chi connectivity index (χ4v) is 4.14. The van der Waals surface area contributed by atoms with Crippen LogP contribution in [0.3, 0.4) is 0 Å². The average molecular weight is 532 g/mol. The molecule has 4 rings (SSSR count). The number of anilines is 4. The molecule has 0 fully saturated rings. The number of nitrogens with one attached hydrogen (secondary N) is 2. The van der Waals surface area contributed by atoms with E-state index in [0.717, 1.165) is 29.7 Å². The molecule has 0 saturated carbocycles. The minimum absolute atomic E-state index is 0.255. The number of pyridine rings is 1. The zero-order valence-corrected chi connectivity index (χ0v) is 22.6. The molecule has 0 spiro atoms. The van der Waals surface area contributed by atoms with Gasteiger partial charge in [-0.1, -0.05) is 24.2 Å². The van der Waals surface area contributed by atoms with Gasteiger partial charge in [-0.25, -0.2) is 4.98 Å². The van der Waals surface area contributed by atoms with Crippen molar-refractivity contribution in [1.82, 2.24) is 19.4 Å². The van der Waals surface area contributed by atoms with Gasteiger partial charge >= 0.3 is 0 Å². The average Bonchev–Trinajstić information content (AvgIpc) is 2.88. The number of amides is 1. The second-order valence-corrected chi connectivity index (χ2v) is 9.60. The Labute approximate surface area is 226 Å². The van der Waals surface area contributed by atoms with E-state index in [1.165, 1.54) is 16.7 Å². The third kappa shape index (κ3) is 6.01. The highest BCUT2D eigenvalue weighted by Crippen LogP contribution is 2.29. The summed E-state index contributed by atoms with van der Waals surface area (Å²) in [4.78, 5) is 38.3. The molecule has 0 aliphatic carbocycles. The van der Waals surface area contributed by atoms with Crippen molar-refractivity contribution >= 4 is 51.6 Å². The van der Waals surface area contributed by atoms with Crippen LogP contribution in [0.1, 0.15) is 5.56 Å². The molecule has 2 aromatic carbocycles. The van der Waals surface area contributed by atoms with E-state index in [1.807, 2.05) is 46.3 Å². The molecule has 10 heteroatoms. The summed E-state index contributed by atoms with van der Waals surface area (Å²) in [5.74, 6) is -0.0492. The summed E-state index contributed by atoms with van der Waals surface area (Å²) in [6.07, 6.45) is 2.86. The van der Waals surface area contributed by atoms with Gasteiger partial charge in [-0.2, -0.15) is 4.98 Å². The van der Waals surface area contributed by atoms with Crippen LogP contribution in [0.5, 0.6) is 0 Å². The molecule has 2 aromatic heterocycles. The van der Waals surface area contributed by atoms with Crippen LogP contribution in [0.25, 0.3) is 16.7 Å². The fourth-order valence-electron chi connectivity index (χ4n) is 3.92. The molecule has 2 heterocycles. The number of halogens is 1. The molecule has 0 unspecified atom stereocenters. The highest BCUT2D eigenvalue weighted by Gasteiger charge is 2.14. The van der Waals surface area contributed by atoms with Crippen molar-refractivity contribution in [3.63, 3.8) is 0 Å². The van der Waals surface area contributed by atoms with Gasteiger partial charge in [-0.15, -0.1) is 0 Å². The van der Waals surface area contributed by atoms with Crippen LogP contribution in [0.15, 0.2) is 72.2 Å². The van der Waals surface area contributed by atoms with Crippen molar-refractivity contribution in [2.45, 2.75) is 6.92 Å². The van der Waals surface area contributed by atoms with E-state index in [9.17, 15) is 9.59 Å². The number of aryl methyl sites for hydroxylation is 1. The van der Waals surface area contributed by atoms with Crippen LogP contribution in [0, 0.1) is 6.92 Å². The summed E-state index contributed by atoms with van der Waals surface area (Å²) >= 11 is 6.60. The topological polar surface area (TPSA) is 95.4 Å². The van der Waals surface area contributed by atoms with Gasteiger partial charge in [-0.05, 0) is 69.1 Å². The molecule has 196 valence electrons. The van der Waals surface area contributed by atoms with E-state index >= 15 is 0 Å². The van der Waals surface area contributed by atoms with Gasteiger partial charge in [0.25, 0.3) is 5.56 Å². The highest BCUT2D eigenvalue weighted by molar-refractivity contribution is 6.33. The lowest BCUT2D eigenvalue weighted by Gasteiger charge is -2.22. The molecule has 0 aliphatic heterocycles. The van der Waals surface area contributed by atoms with Gasteiger partial charge in [-0.3, -0.25) is 14.2 Å². The Hall–Kier alpha value is -4.21. The Morgan fingerprint density at radius 3 is 2.63 bits per heavy atom. The van der Waals surface area contributed by atoms with Crippen molar-refractivity contribution in [3.05, 3.63) is 88.3 Å². The van der Waals surface area contributed by atoms with Crippen molar-refractivity contribution in [3.8, 4) is 5.69 Å². The minimum Gasteiger partial charge on any atom is -0.373 e. The van der Waals surface area contributed by atoms with Crippen LogP contribution in [-0.2, 0) is 4.79 Å². The van der Waals surface area contributed by atoms with Gasteiger partial charge < -0.3 is 20.4 Å². The standard InChI is InChI=1S/C28H30ClN7O2/c1-6-25(37)31-19-8-7-9-21(15-19)36-26(38)14-18(2)22-17-30-28(33-27(22)36)32-24-11-10-20(16-23(24)29)35(5)13-12-34(3)4/h6-11,14-17H,1,12-13H2,2-5H3,(H,31,37)(H,30,32,33). The zero-order valence-electron chi connectivity index (χ0n) is 21.8. The Morgan fingerprint density at radius 2 is 1.92 bits per heavy atom. The van der Waals surface area contributed by atoms with E-state index in [2.05, 4.69) is 37.0 Å². The Kier molecular flexibility index (Phi) is 8.09. The van der Waals surface area contributed by atoms with E-state index in [1.54, 1.807) is 30.5 Å². The number of fused-ring (bicyclic) bond motifs is 1. The van der Waals surface area contributed by atoms with Gasteiger partial charge in [0.15, 0.2) is 5.65 Å². The van der Waals surface area contributed by atoms with Crippen molar-refractivity contribution in [2.75, 3.05) is 49.8 Å². The number of likely N-dealkylation sites (N-methyl/N-ethyl adjacent to an activating group) is 2. The number of hydrogen-bond acceptors (Lipinski definition) is 7. The number of benzene rings is 2. The third-order valence-corrected chi connectivity index (χ3v) is 6.36. The number of nitrogens with zero attached hydrogens (tertiary/aromatic N) is 5. The fraction of sp³-hybridized carbons (Fsp3) is 0.214. The molecule has 38 heavy (non-hydrogen) atoms. The van der Waals surface area contributed by atoms with Gasteiger partial charge in [0.2, 0.25) is 11.9 Å². The molecule has 0 aliphatic rings. The second-order valence-electron chi connectivity index (χ2n) is 9.19. The Bertz CT molecular complexity index is 1570. The van der Waals surface area contributed by atoms with E-state index < -0.39 is 0 Å². The van der Waals surface area contributed by atoms with Gasteiger partial charge in [0, 0.05) is 49.2 Å². The van der Waals surface area contributed by atoms with E-state index in [4.69, 9.17) is 11.6 Å². The number of carbonyl (C=O) groups is 1. The molecule has 2 N–H and O–H groups in total. The predicted molar refractivity (Wildman–Crippen MR) is 155 cm³/mol. The highest BCUT2D eigenvalue weighted by atomic mass is 35.5. The normalized spacial score (nSPS) is 11.0. The maximum Gasteiger partial charge on any atom is 0.257 e. The van der Waals surface area contributed by atoms with Crippen LogP contribution in [0.2, 0.25) is 5.02 Å². The number of rotatable bonds is 9. The van der Waals surface area contributed by atoms with E-state index in [-0.39, 0.29) is 11.5 Å². The van der Waals surface area contributed by atoms with Gasteiger partial charge in [0.1, 0.15) is 0 Å². The monoisotopic (exact) mass is 531 g/mol. The second kappa shape index (κ2) is 11.5. The first kappa shape index (κ1) is 26.8. The lowest BCUT2D eigenvalue weighted by molar-refractivity contribution is -0.111. The summed E-state index contributed by atoms with van der Waals surface area (Å²) in [7, 11) is 6.10. The molecule has 4 aromatic rings. The molecule has 0 bridgehead atoms. The minimum atomic E-state index is -0.344. The molecular formula is C28H30ClN7O2. The molecule has 0 saturated heterocycles. The smallest absolute Gasteiger partial charge is 0.257 e. The lowest BCUT2D eigenvalue weighted by atomic mass is 10.2. The summed E-state index contributed by atoms with van der Waals surface area (Å²) in [6, 6.07) is 14.3. The van der Waals surface area contributed by atoms with Crippen LogP contribution in [-0.4, -0.2) is 59.6 Å². The number of carbonyl (C=O) groups excluding carboxylic acids is 1. The van der Waals surface area contributed by atoms with Crippen LogP contribution < -0.4 is 21.1 Å². The van der Waals surface area contributed by atoms with E-state index in [0.29, 0.717) is 33.7 Å². The first-order chi connectivity index (χ1) is 18.2. The van der Waals surface area contributed by atoms with Crippen molar-refractivity contribution in [2.24, 2.45) is 0 Å². The largest absolute Gasteiger partial charge is 0.373 e. The number of aromatic nitrogens is 3. The number of hydrogen-bond donors (Lipinski definition) is 2. The summed E-state index contributed by atoms with van der Waals surface area (Å²) in [5.41, 5.74) is 3.65.